The number of nitrogens with two attached hydrogens (primary N) is 1. The zero-order valence-electron chi connectivity index (χ0n) is 27.0. The summed E-state index contributed by atoms with van der Waals surface area (Å²) in [4.78, 5) is 20.7. The highest BCUT2D eigenvalue weighted by molar-refractivity contribution is 7.14. The zero-order chi connectivity index (χ0) is 32.8. The number of pyridine rings is 1. The van der Waals surface area contributed by atoms with Gasteiger partial charge in [-0.3, -0.25) is 4.98 Å². The summed E-state index contributed by atoms with van der Waals surface area (Å²) >= 11 is 1.00. The highest BCUT2D eigenvalue weighted by atomic mass is 32.1. The van der Waals surface area contributed by atoms with Crippen molar-refractivity contribution in [3.05, 3.63) is 33.0 Å². The SMILES string of the molecule is CN(CC1(N(C)C)CCC1)c1nc(OCC2(CN3C[C@@H]4C(F)[C@@H]4C3)CC2)nc2c(F)c(C3=c4c(C#N)c(N)sc4=C(F)CC3)ncc12. The van der Waals surface area contributed by atoms with Crippen LogP contribution in [0.3, 0.4) is 0 Å². The molecule has 13 heteroatoms. The molecule has 4 aliphatic carbocycles. The van der Waals surface area contributed by atoms with Gasteiger partial charge in [-0.1, -0.05) is 0 Å². The average Bonchev–Trinajstić information content (AvgIpc) is 3.79. The van der Waals surface area contributed by atoms with Crippen LogP contribution < -0.4 is 25.1 Å². The summed E-state index contributed by atoms with van der Waals surface area (Å²) in [7, 11) is 6.12. The van der Waals surface area contributed by atoms with Crippen LogP contribution in [-0.4, -0.2) is 90.4 Å². The molecule has 1 saturated heterocycles. The van der Waals surface area contributed by atoms with Crippen LogP contribution in [0.1, 0.15) is 56.2 Å². The highest BCUT2D eigenvalue weighted by Crippen LogP contribution is 2.52. The van der Waals surface area contributed by atoms with Crippen LogP contribution in [0, 0.1) is 34.4 Å². The average molecular weight is 665 g/mol. The maximum Gasteiger partial charge on any atom is 0.319 e. The fraction of sp³-hybridized carbons (Fsp3) is 0.588. The molecule has 0 radical (unpaired) electrons. The monoisotopic (exact) mass is 664 g/mol. The third-order valence-corrected chi connectivity index (χ3v) is 12.5. The molecule has 1 unspecified atom stereocenters. The topological polar surface area (TPSA) is 107 Å². The molecule has 9 nitrogen and oxygen atoms in total. The van der Waals surface area contributed by atoms with E-state index < -0.39 is 12.0 Å². The molecule has 47 heavy (non-hydrogen) atoms. The molecule has 3 saturated carbocycles. The number of ether oxygens (including phenoxy) is 1. The van der Waals surface area contributed by atoms with E-state index in [1.54, 1.807) is 6.20 Å². The van der Waals surface area contributed by atoms with Crippen LogP contribution in [0.4, 0.5) is 24.0 Å². The van der Waals surface area contributed by atoms with Gasteiger partial charge in [0.25, 0.3) is 0 Å². The summed E-state index contributed by atoms with van der Waals surface area (Å²) < 4.78 is 52.0. The Balaban J connectivity index is 1.18. The van der Waals surface area contributed by atoms with E-state index in [1.807, 2.05) is 11.9 Å². The molecule has 0 spiro atoms. The lowest BCUT2D eigenvalue weighted by molar-refractivity contribution is 0.0682. The summed E-state index contributed by atoms with van der Waals surface area (Å²) in [5.41, 5.74) is 6.70. The smallest absolute Gasteiger partial charge is 0.319 e. The van der Waals surface area contributed by atoms with E-state index in [-0.39, 0.29) is 73.8 Å². The van der Waals surface area contributed by atoms with Crippen LogP contribution in [0.25, 0.3) is 22.3 Å². The van der Waals surface area contributed by atoms with Gasteiger partial charge in [-0.05, 0) is 58.2 Å². The molecule has 5 aliphatic rings. The number of anilines is 2. The van der Waals surface area contributed by atoms with E-state index in [2.05, 4.69) is 39.9 Å². The summed E-state index contributed by atoms with van der Waals surface area (Å²) in [6.45, 7) is 3.52. The molecule has 4 fully saturated rings. The van der Waals surface area contributed by atoms with Crippen LogP contribution in [0.2, 0.25) is 0 Å². The highest BCUT2D eigenvalue weighted by Gasteiger charge is 2.58. The Bertz CT molecular complexity index is 1940. The number of nitrogen functional groups attached to an aromatic ring is 1. The third kappa shape index (κ3) is 5.06. The Morgan fingerprint density at radius 1 is 1.13 bits per heavy atom. The number of piperidine rings is 1. The first-order valence-corrected chi connectivity index (χ1v) is 17.3. The number of rotatable bonds is 10. The summed E-state index contributed by atoms with van der Waals surface area (Å²) in [6, 6.07) is 2.17. The fourth-order valence-corrected chi connectivity index (χ4v) is 9.08. The first kappa shape index (κ1) is 30.8. The molecule has 0 amide bonds. The molecule has 0 bridgehead atoms. The number of hydrogen-bond donors (Lipinski definition) is 1. The predicted octanol–water partition coefficient (Wildman–Crippen LogP) is 3.73. The van der Waals surface area contributed by atoms with Gasteiger partial charge < -0.3 is 25.2 Å². The van der Waals surface area contributed by atoms with E-state index in [0.717, 1.165) is 63.1 Å². The molecule has 4 heterocycles. The maximum atomic E-state index is 16.8. The number of aromatic nitrogens is 3. The first-order chi connectivity index (χ1) is 22.5. The van der Waals surface area contributed by atoms with Crippen molar-refractivity contribution in [3.8, 4) is 12.1 Å². The number of likely N-dealkylation sites (N-methyl/N-ethyl adjacent to an activating group) is 2. The number of alkyl halides is 1. The Kier molecular flexibility index (Phi) is 7.24. The van der Waals surface area contributed by atoms with Crippen molar-refractivity contribution >= 4 is 44.5 Å². The molecule has 1 aliphatic heterocycles. The maximum absolute atomic E-state index is 16.8. The number of thiophene rings is 1. The van der Waals surface area contributed by atoms with E-state index >= 15 is 4.39 Å². The fourth-order valence-electron chi connectivity index (χ4n) is 8.07. The predicted molar refractivity (Wildman–Crippen MR) is 175 cm³/mol. The first-order valence-electron chi connectivity index (χ1n) is 16.5. The standard InChI is InChI=1S/C34H39F3N8OS/c1-43(2)34(7-4-8-34)16-44(3)31-20-12-40-27(18-5-6-23(35)29-24(18)19(11-38)30(39)47-29)26(37)28(20)41-32(42-31)46-17-33(9-10-33)15-45-13-21-22(14-45)25(21)36/h12,21-22,25H,4-10,13-17,39H2,1-3H3/t21-,22+,25?. The van der Waals surface area contributed by atoms with E-state index in [4.69, 9.17) is 15.5 Å². The van der Waals surface area contributed by atoms with E-state index in [1.165, 1.54) is 0 Å². The van der Waals surface area contributed by atoms with Crippen molar-refractivity contribution in [2.45, 2.75) is 56.7 Å². The second-order valence-corrected chi connectivity index (χ2v) is 15.7. The minimum Gasteiger partial charge on any atom is -0.463 e. The van der Waals surface area contributed by atoms with Crippen molar-refractivity contribution in [1.82, 2.24) is 24.8 Å². The van der Waals surface area contributed by atoms with Gasteiger partial charge in [-0.15, -0.1) is 11.3 Å². The van der Waals surface area contributed by atoms with Gasteiger partial charge in [0, 0.05) is 73.9 Å². The molecule has 3 atom stereocenters. The Labute approximate surface area is 275 Å². The van der Waals surface area contributed by atoms with Crippen LogP contribution in [0.5, 0.6) is 6.01 Å². The molecule has 8 rings (SSSR count). The van der Waals surface area contributed by atoms with Gasteiger partial charge in [0.15, 0.2) is 5.82 Å². The Morgan fingerprint density at radius 2 is 1.87 bits per heavy atom. The van der Waals surface area contributed by atoms with Crippen LogP contribution in [0.15, 0.2) is 6.20 Å². The summed E-state index contributed by atoms with van der Waals surface area (Å²) in [6.07, 6.45) is 6.44. The number of nitriles is 1. The second-order valence-electron chi connectivity index (χ2n) is 14.6. The number of likely N-dealkylation sites (tertiary alicyclic amines) is 1. The number of fused-ring (bicyclic) bond motifs is 3. The molecular weight excluding hydrogens is 625 g/mol. The van der Waals surface area contributed by atoms with Crippen LogP contribution in [-0.2, 0) is 0 Å². The number of nitrogens with zero attached hydrogens (tertiary/aromatic N) is 7. The van der Waals surface area contributed by atoms with Gasteiger partial charge in [-0.2, -0.15) is 15.2 Å². The minimum atomic E-state index is -0.662. The van der Waals surface area contributed by atoms with Crippen molar-refractivity contribution in [2.75, 3.05) is 64.6 Å². The number of halogens is 3. The summed E-state index contributed by atoms with van der Waals surface area (Å²) in [5, 5.41) is 10.8. The Morgan fingerprint density at radius 3 is 2.51 bits per heavy atom. The van der Waals surface area contributed by atoms with Crippen molar-refractivity contribution in [2.24, 2.45) is 17.3 Å². The van der Waals surface area contributed by atoms with Crippen molar-refractivity contribution < 1.29 is 17.9 Å². The minimum absolute atomic E-state index is 0.0203. The van der Waals surface area contributed by atoms with Gasteiger partial charge in [0.05, 0.1) is 22.1 Å². The van der Waals surface area contributed by atoms with E-state index in [0.29, 0.717) is 35.1 Å². The molecule has 3 aromatic heterocycles. The zero-order valence-corrected chi connectivity index (χ0v) is 27.8. The lowest BCUT2D eigenvalue weighted by Crippen LogP contribution is -2.56. The molecule has 3 aromatic rings. The van der Waals surface area contributed by atoms with Gasteiger partial charge in [0.2, 0.25) is 0 Å². The Hall–Kier alpha value is -3.47. The third-order valence-electron chi connectivity index (χ3n) is 11.4. The quantitative estimate of drug-likeness (QED) is 0.347. The molecule has 2 N–H and O–H groups in total. The second kappa shape index (κ2) is 11.0. The van der Waals surface area contributed by atoms with Gasteiger partial charge in [0.1, 0.15) is 40.1 Å². The largest absolute Gasteiger partial charge is 0.463 e. The normalized spacial score (nSPS) is 25.4. The van der Waals surface area contributed by atoms with Gasteiger partial charge >= 0.3 is 6.01 Å². The lowest BCUT2D eigenvalue weighted by Gasteiger charge is -2.49. The molecule has 0 aromatic carbocycles. The van der Waals surface area contributed by atoms with Crippen LogP contribution >= 0.6 is 11.3 Å². The lowest BCUT2D eigenvalue weighted by atomic mass is 9.75. The summed E-state index contributed by atoms with van der Waals surface area (Å²) in [5.74, 6) is -0.128. The van der Waals surface area contributed by atoms with E-state index in [9.17, 15) is 14.0 Å². The van der Waals surface area contributed by atoms with Crippen molar-refractivity contribution in [3.63, 3.8) is 0 Å². The van der Waals surface area contributed by atoms with Crippen molar-refractivity contribution in [1.29, 1.82) is 5.26 Å². The van der Waals surface area contributed by atoms with Gasteiger partial charge in [-0.25, -0.2) is 13.2 Å². The molecule has 248 valence electrons. The number of hydrogen-bond acceptors (Lipinski definition) is 10. The molecular formula is C34H39F3N8OS.